The van der Waals surface area contributed by atoms with E-state index in [-0.39, 0.29) is 27.7 Å². The molecule has 0 rings (SSSR count). The van der Waals surface area contributed by atoms with Crippen molar-refractivity contribution in [2.24, 2.45) is 0 Å². The first-order chi connectivity index (χ1) is 7.66. The van der Waals surface area contributed by atoms with E-state index in [2.05, 4.69) is 23.5 Å². The maximum atomic E-state index is 11.0. The van der Waals surface area contributed by atoms with Gasteiger partial charge in [0.25, 0.3) is 0 Å². The van der Waals surface area contributed by atoms with E-state index in [0.717, 1.165) is 6.54 Å². The van der Waals surface area contributed by atoms with Gasteiger partial charge in [-0.1, -0.05) is 0 Å². The molecule has 96 valence electrons. The molecule has 0 unspecified atom stereocenters. The van der Waals surface area contributed by atoms with Crippen LogP contribution in [0.3, 0.4) is 0 Å². The van der Waals surface area contributed by atoms with Crippen LogP contribution in [0.1, 0.15) is 13.8 Å². The summed E-state index contributed by atoms with van der Waals surface area (Å²) in [5, 5.41) is 3.24. The molecule has 0 aromatic heterocycles. The standard InChI is InChI=1S/C10H22N2O3Se/c1-9(2)11-4-5-14-6-7-15-8-10(13)12-16-3/h9,11H,4-8H2,1-3H3,(H,12,13). The summed E-state index contributed by atoms with van der Waals surface area (Å²) in [4.78, 5) is 11.0. The van der Waals surface area contributed by atoms with Crippen LogP contribution < -0.4 is 9.65 Å². The predicted molar refractivity (Wildman–Crippen MR) is 64.5 cm³/mol. The van der Waals surface area contributed by atoms with E-state index >= 15 is 0 Å². The number of hydrogen-bond donors (Lipinski definition) is 2. The van der Waals surface area contributed by atoms with Gasteiger partial charge in [-0.05, 0) is 0 Å². The van der Waals surface area contributed by atoms with Crippen LogP contribution in [0.15, 0.2) is 0 Å². The van der Waals surface area contributed by atoms with E-state index < -0.39 is 0 Å². The first-order valence-corrected chi connectivity index (χ1v) is 7.94. The van der Waals surface area contributed by atoms with E-state index in [1.165, 1.54) is 0 Å². The van der Waals surface area contributed by atoms with E-state index in [0.29, 0.717) is 25.9 Å². The van der Waals surface area contributed by atoms with Crippen molar-refractivity contribution in [1.82, 2.24) is 9.65 Å². The number of ether oxygens (including phenoxy) is 2. The number of rotatable bonds is 10. The molecule has 2 N–H and O–H groups in total. The molecule has 0 saturated heterocycles. The Morgan fingerprint density at radius 3 is 2.56 bits per heavy atom. The van der Waals surface area contributed by atoms with Crippen molar-refractivity contribution in [3.63, 3.8) is 0 Å². The van der Waals surface area contributed by atoms with Gasteiger partial charge in [0.15, 0.2) is 0 Å². The molecule has 0 fully saturated rings. The first-order valence-electron chi connectivity index (χ1n) is 5.37. The summed E-state index contributed by atoms with van der Waals surface area (Å²) >= 11 is 0.166. The average Bonchev–Trinajstić information content (AvgIpc) is 2.22. The quantitative estimate of drug-likeness (QED) is 0.433. The molecule has 0 aliphatic rings. The van der Waals surface area contributed by atoms with Gasteiger partial charge in [-0.3, -0.25) is 0 Å². The summed E-state index contributed by atoms with van der Waals surface area (Å²) in [6, 6.07) is 0.486. The van der Waals surface area contributed by atoms with Gasteiger partial charge < -0.3 is 0 Å². The second-order valence-electron chi connectivity index (χ2n) is 3.50. The van der Waals surface area contributed by atoms with Gasteiger partial charge in [0.1, 0.15) is 0 Å². The van der Waals surface area contributed by atoms with Crippen LogP contribution in [0.2, 0.25) is 5.82 Å². The van der Waals surface area contributed by atoms with Crippen molar-refractivity contribution in [2.75, 3.05) is 33.0 Å². The van der Waals surface area contributed by atoms with Gasteiger partial charge in [-0.15, -0.1) is 0 Å². The molecule has 0 aromatic carbocycles. The van der Waals surface area contributed by atoms with Gasteiger partial charge in [-0.25, -0.2) is 0 Å². The Labute approximate surface area is 104 Å². The Hall–Kier alpha value is -0.131. The molecular weight excluding hydrogens is 275 g/mol. The fourth-order valence-corrected chi connectivity index (χ4v) is 1.55. The van der Waals surface area contributed by atoms with Gasteiger partial charge >= 0.3 is 104 Å². The van der Waals surface area contributed by atoms with Crippen molar-refractivity contribution >= 4 is 21.1 Å². The van der Waals surface area contributed by atoms with Crippen LogP contribution in [-0.4, -0.2) is 60.1 Å². The Kier molecular flexibility index (Phi) is 11.3. The number of hydrogen-bond acceptors (Lipinski definition) is 4. The molecule has 0 spiro atoms. The molecule has 0 aliphatic heterocycles. The Bertz CT molecular complexity index is 179. The molecular formula is C10H22N2O3Se. The second-order valence-corrected chi connectivity index (χ2v) is 4.79. The van der Waals surface area contributed by atoms with Gasteiger partial charge in [0.05, 0.1) is 0 Å². The third-order valence-electron chi connectivity index (χ3n) is 1.62. The third kappa shape index (κ3) is 11.9. The zero-order valence-corrected chi connectivity index (χ0v) is 12.0. The molecule has 0 radical (unpaired) electrons. The predicted octanol–water partition coefficient (Wildman–Crippen LogP) is -0.199. The molecule has 6 heteroatoms. The minimum atomic E-state index is -0.0519. The summed E-state index contributed by atoms with van der Waals surface area (Å²) < 4.78 is 13.2. The summed E-state index contributed by atoms with van der Waals surface area (Å²) in [5.74, 6) is 1.89. The van der Waals surface area contributed by atoms with Crippen LogP contribution in [0.5, 0.6) is 0 Å². The van der Waals surface area contributed by atoms with Crippen LogP contribution in [0.4, 0.5) is 0 Å². The van der Waals surface area contributed by atoms with Crippen molar-refractivity contribution in [3.05, 3.63) is 0 Å². The SMILES string of the molecule is C[Se]NC(=O)COCCOCCNC(C)C. The molecule has 0 heterocycles. The van der Waals surface area contributed by atoms with Crippen LogP contribution in [-0.2, 0) is 14.3 Å². The van der Waals surface area contributed by atoms with Crippen LogP contribution in [0.25, 0.3) is 0 Å². The van der Waals surface area contributed by atoms with E-state index in [1.54, 1.807) is 0 Å². The third-order valence-corrected chi connectivity index (χ3v) is 2.53. The summed E-state index contributed by atoms with van der Waals surface area (Å²) in [7, 11) is 0. The summed E-state index contributed by atoms with van der Waals surface area (Å²) in [6.07, 6.45) is 0. The molecule has 0 aromatic rings. The molecule has 0 aliphatic carbocycles. The maximum absolute atomic E-state index is 11.0. The molecule has 0 atom stereocenters. The zero-order valence-electron chi connectivity index (χ0n) is 10.2. The molecule has 0 bridgehead atoms. The summed E-state index contributed by atoms with van der Waals surface area (Å²) in [6.45, 7) is 6.83. The van der Waals surface area contributed by atoms with E-state index in [1.807, 2.05) is 5.82 Å². The average molecular weight is 297 g/mol. The van der Waals surface area contributed by atoms with Crippen LogP contribution >= 0.6 is 0 Å². The fourth-order valence-electron chi connectivity index (χ4n) is 0.948. The number of nitrogens with one attached hydrogen (secondary N) is 2. The first kappa shape index (κ1) is 15.9. The van der Waals surface area contributed by atoms with Crippen molar-refractivity contribution in [3.8, 4) is 0 Å². The molecule has 5 nitrogen and oxygen atoms in total. The van der Waals surface area contributed by atoms with E-state index in [9.17, 15) is 4.79 Å². The topological polar surface area (TPSA) is 59.6 Å². The van der Waals surface area contributed by atoms with Gasteiger partial charge in [0, 0.05) is 0 Å². The zero-order chi connectivity index (χ0) is 12.2. The van der Waals surface area contributed by atoms with Crippen molar-refractivity contribution in [2.45, 2.75) is 25.7 Å². The monoisotopic (exact) mass is 298 g/mol. The Morgan fingerprint density at radius 2 is 1.94 bits per heavy atom. The summed E-state index contributed by atoms with van der Waals surface area (Å²) in [5.41, 5.74) is 0. The van der Waals surface area contributed by atoms with Gasteiger partial charge in [0.2, 0.25) is 0 Å². The van der Waals surface area contributed by atoms with E-state index in [4.69, 9.17) is 9.47 Å². The number of carbonyl (C=O) groups excluding carboxylic acids is 1. The normalized spacial score (nSPS) is 10.8. The second kappa shape index (κ2) is 11.4. The Morgan fingerprint density at radius 1 is 1.25 bits per heavy atom. The molecule has 1 amide bonds. The molecule has 16 heavy (non-hydrogen) atoms. The van der Waals surface area contributed by atoms with Crippen LogP contribution in [0, 0.1) is 0 Å². The van der Waals surface area contributed by atoms with Crippen molar-refractivity contribution in [1.29, 1.82) is 0 Å². The van der Waals surface area contributed by atoms with Gasteiger partial charge in [-0.2, -0.15) is 0 Å². The number of amides is 1. The number of carbonyl (C=O) groups is 1. The van der Waals surface area contributed by atoms with Crippen molar-refractivity contribution < 1.29 is 14.3 Å². The Balaban J connectivity index is 3.07. The fraction of sp³-hybridized carbons (Fsp3) is 0.900. The minimum absolute atomic E-state index is 0.0519. The molecule has 0 saturated carbocycles.